The first-order chi connectivity index (χ1) is 10.6. The van der Waals surface area contributed by atoms with Crippen LogP contribution in [0.15, 0.2) is 53.8 Å². The normalized spacial score (nSPS) is 10.4. The van der Waals surface area contributed by atoms with E-state index >= 15 is 0 Å². The van der Waals surface area contributed by atoms with Gasteiger partial charge in [-0.05, 0) is 24.6 Å². The lowest BCUT2D eigenvalue weighted by Gasteiger charge is -2.03. The average Bonchev–Trinajstić information content (AvgIpc) is 2.55. The lowest BCUT2D eigenvalue weighted by molar-refractivity contribution is -0.139. The summed E-state index contributed by atoms with van der Waals surface area (Å²) in [7, 11) is 0. The van der Waals surface area contributed by atoms with Gasteiger partial charge in [0.2, 0.25) is 0 Å². The first-order valence-electron chi connectivity index (χ1n) is 6.73. The molecule has 2 N–H and O–H groups in total. The van der Waals surface area contributed by atoms with E-state index in [1.807, 2.05) is 31.2 Å². The third-order valence-corrected chi connectivity index (χ3v) is 2.82. The molecule has 0 unspecified atom stereocenters. The van der Waals surface area contributed by atoms with E-state index in [0.717, 1.165) is 11.1 Å². The van der Waals surface area contributed by atoms with Gasteiger partial charge in [0.1, 0.15) is 0 Å². The minimum atomic E-state index is -0.820. The van der Waals surface area contributed by atoms with Gasteiger partial charge in [0.05, 0.1) is 18.5 Å². The zero-order chi connectivity index (χ0) is 15.8. The van der Waals surface area contributed by atoms with Crippen LogP contribution in [-0.2, 0) is 16.1 Å². The Kier molecular flexibility index (Phi) is 5.37. The van der Waals surface area contributed by atoms with Crippen LogP contribution < -0.4 is 10.7 Å². The number of rotatable bonds is 4. The first-order valence-corrected chi connectivity index (χ1v) is 6.73. The molecule has 22 heavy (non-hydrogen) atoms. The van der Waals surface area contributed by atoms with Crippen LogP contribution in [0.5, 0.6) is 0 Å². The van der Waals surface area contributed by atoms with E-state index in [-0.39, 0.29) is 6.54 Å². The molecular formula is C16H16N4O2. The summed E-state index contributed by atoms with van der Waals surface area (Å²) in [6.45, 7) is 2.17. The number of hydrazone groups is 1. The van der Waals surface area contributed by atoms with Crippen molar-refractivity contribution in [3.8, 4) is 0 Å². The highest BCUT2D eigenvalue weighted by Crippen LogP contribution is 1.99. The van der Waals surface area contributed by atoms with Crippen LogP contribution in [0.3, 0.4) is 0 Å². The molecule has 0 aliphatic carbocycles. The fourth-order valence-corrected chi connectivity index (χ4v) is 1.62. The van der Waals surface area contributed by atoms with E-state index in [2.05, 4.69) is 20.8 Å². The topological polar surface area (TPSA) is 83.5 Å². The summed E-state index contributed by atoms with van der Waals surface area (Å²) in [5.41, 5.74) is 4.82. The largest absolute Gasteiger partial charge is 0.342 e. The fourth-order valence-electron chi connectivity index (χ4n) is 1.62. The second-order valence-corrected chi connectivity index (χ2v) is 4.61. The Morgan fingerprint density at radius 3 is 2.59 bits per heavy atom. The van der Waals surface area contributed by atoms with Gasteiger partial charge in [0, 0.05) is 6.20 Å². The van der Waals surface area contributed by atoms with Gasteiger partial charge in [-0.3, -0.25) is 14.6 Å². The molecule has 1 aromatic heterocycles. The molecule has 2 aromatic rings. The van der Waals surface area contributed by atoms with Gasteiger partial charge in [-0.25, -0.2) is 5.43 Å². The number of carbonyl (C=O) groups is 2. The van der Waals surface area contributed by atoms with Crippen LogP contribution in [0.1, 0.15) is 16.8 Å². The molecule has 6 heteroatoms. The van der Waals surface area contributed by atoms with Crippen LogP contribution in [0.2, 0.25) is 0 Å². The summed E-state index contributed by atoms with van der Waals surface area (Å²) in [6.07, 6.45) is 3.09. The van der Waals surface area contributed by atoms with Gasteiger partial charge in [0.25, 0.3) is 0 Å². The molecule has 0 aliphatic heterocycles. The van der Waals surface area contributed by atoms with Crippen LogP contribution in [-0.4, -0.2) is 23.0 Å². The minimum Gasteiger partial charge on any atom is -0.342 e. The Morgan fingerprint density at radius 1 is 1.14 bits per heavy atom. The fraction of sp³-hybridized carbons (Fsp3) is 0.125. The van der Waals surface area contributed by atoms with Gasteiger partial charge >= 0.3 is 11.8 Å². The number of carbonyl (C=O) groups excluding carboxylic acids is 2. The summed E-state index contributed by atoms with van der Waals surface area (Å²) in [4.78, 5) is 27.2. The monoisotopic (exact) mass is 296 g/mol. The van der Waals surface area contributed by atoms with Crippen molar-refractivity contribution in [1.82, 2.24) is 15.7 Å². The number of amides is 2. The van der Waals surface area contributed by atoms with Gasteiger partial charge in [-0.1, -0.05) is 35.9 Å². The SMILES string of the molecule is Cc1ccc(/C=N\NC(=O)C(=O)NCc2ccccn2)cc1. The zero-order valence-electron chi connectivity index (χ0n) is 12.1. The number of nitrogens with one attached hydrogen (secondary N) is 2. The number of hydrogen-bond acceptors (Lipinski definition) is 4. The van der Waals surface area contributed by atoms with E-state index in [1.165, 1.54) is 6.21 Å². The van der Waals surface area contributed by atoms with Gasteiger partial charge < -0.3 is 5.32 Å². The predicted octanol–water partition coefficient (Wildman–Crippen LogP) is 1.16. The summed E-state index contributed by atoms with van der Waals surface area (Å²) in [5, 5.41) is 6.21. The standard InChI is InChI=1S/C16H16N4O2/c1-12-5-7-13(8-6-12)10-19-20-16(22)15(21)18-11-14-4-2-3-9-17-14/h2-10H,11H2,1H3,(H,18,21)(H,20,22)/b19-10-. The smallest absolute Gasteiger partial charge is 0.329 e. The molecule has 0 atom stereocenters. The summed E-state index contributed by atoms with van der Waals surface area (Å²) in [5.74, 6) is -1.58. The van der Waals surface area contributed by atoms with E-state index < -0.39 is 11.8 Å². The molecule has 1 heterocycles. The number of hydrogen-bond donors (Lipinski definition) is 2. The maximum Gasteiger partial charge on any atom is 0.329 e. The molecule has 0 aliphatic rings. The quantitative estimate of drug-likeness (QED) is 0.504. The molecule has 112 valence electrons. The van der Waals surface area contributed by atoms with Crippen LogP contribution in [0, 0.1) is 6.92 Å². The molecule has 0 saturated heterocycles. The van der Waals surface area contributed by atoms with Crippen LogP contribution >= 0.6 is 0 Å². The zero-order valence-corrected chi connectivity index (χ0v) is 12.1. The summed E-state index contributed by atoms with van der Waals surface area (Å²) in [6, 6.07) is 12.9. The van der Waals surface area contributed by atoms with Crippen molar-refractivity contribution in [2.24, 2.45) is 5.10 Å². The third kappa shape index (κ3) is 4.82. The van der Waals surface area contributed by atoms with Crippen molar-refractivity contribution >= 4 is 18.0 Å². The lowest BCUT2D eigenvalue weighted by Crippen LogP contribution is -2.37. The Bertz CT molecular complexity index is 666. The first kappa shape index (κ1) is 15.4. The number of aryl methyl sites for hydroxylation is 1. The van der Waals surface area contributed by atoms with Crippen molar-refractivity contribution in [3.63, 3.8) is 0 Å². The molecule has 0 saturated carbocycles. The molecule has 0 radical (unpaired) electrons. The van der Waals surface area contributed by atoms with Crippen LogP contribution in [0.25, 0.3) is 0 Å². The van der Waals surface area contributed by atoms with Gasteiger partial charge in [-0.2, -0.15) is 5.10 Å². The number of aromatic nitrogens is 1. The highest BCUT2D eigenvalue weighted by molar-refractivity contribution is 6.35. The van der Waals surface area contributed by atoms with Crippen molar-refractivity contribution in [2.75, 3.05) is 0 Å². The number of pyridine rings is 1. The molecule has 2 amide bonds. The Hall–Kier alpha value is -3.02. The minimum absolute atomic E-state index is 0.189. The van der Waals surface area contributed by atoms with E-state index in [1.54, 1.807) is 24.4 Å². The third-order valence-electron chi connectivity index (χ3n) is 2.82. The Labute approximate surface area is 128 Å². The van der Waals surface area contributed by atoms with E-state index in [9.17, 15) is 9.59 Å². The van der Waals surface area contributed by atoms with Crippen molar-refractivity contribution in [1.29, 1.82) is 0 Å². The molecule has 1 aromatic carbocycles. The summed E-state index contributed by atoms with van der Waals surface area (Å²) < 4.78 is 0. The second kappa shape index (κ2) is 7.68. The number of nitrogens with zero attached hydrogens (tertiary/aromatic N) is 2. The lowest BCUT2D eigenvalue weighted by atomic mass is 10.2. The maximum atomic E-state index is 11.6. The maximum absolute atomic E-state index is 11.6. The highest BCUT2D eigenvalue weighted by atomic mass is 16.2. The molecule has 0 bridgehead atoms. The van der Waals surface area contributed by atoms with Gasteiger partial charge in [-0.15, -0.1) is 0 Å². The molecular weight excluding hydrogens is 280 g/mol. The van der Waals surface area contributed by atoms with Crippen molar-refractivity contribution < 1.29 is 9.59 Å². The summed E-state index contributed by atoms with van der Waals surface area (Å²) >= 11 is 0. The van der Waals surface area contributed by atoms with Gasteiger partial charge in [0.15, 0.2) is 0 Å². The highest BCUT2D eigenvalue weighted by Gasteiger charge is 2.11. The van der Waals surface area contributed by atoms with E-state index in [0.29, 0.717) is 5.69 Å². The van der Waals surface area contributed by atoms with Crippen molar-refractivity contribution in [2.45, 2.75) is 13.5 Å². The molecule has 0 spiro atoms. The van der Waals surface area contributed by atoms with Crippen LogP contribution in [0.4, 0.5) is 0 Å². The Morgan fingerprint density at radius 2 is 1.91 bits per heavy atom. The van der Waals surface area contributed by atoms with E-state index in [4.69, 9.17) is 0 Å². The molecule has 0 fully saturated rings. The van der Waals surface area contributed by atoms with Crippen molar-refractivity contribution in [3.05, 3.63) is 65.5 Å². The number of benzene rings is 1. The predicted molar refractivity (Wildman–Crippen MR) is 83.0 cm³/mol. The molecule has 6 nitrogen and oxygen atoms in total. The molecule has 2 rings (SSSR count). The average molecular weight is 296 g/mol. The second-order valence-electron chi connectivity index (χ2n) is 4.61. The Balaban J connectivity index is 1.79.